The summed E-state index contributed by atoms with van der Waals surface area (Å²) < 4.78 is 1.59. The first kappa shape index (κ1) is 14.5. The number of aryl methyl sites for hydroxylation is 1. The molecule has 0 N–H and O–H groups in total. The first-order chi connectivity index (χ1) is 10.6. The largest absolute Gasteiger partial charge is 0.296 e. The maximum Gasteiger partial charge on any atom is 0.258 e. The van der Waals surface area contributed by atoms with Crippen molar-refractivity contribution >= 4 is 5.65 Å². The summed E-state index contributed by atoms with van der Waals surface area (Å²) in [6.07, 6.45) is 1.82. The highest BCUT2D eigenvalue weighted by atomic mass is 16.1. The van der Waals surface area contributed by atoms with E-state index in [-0.39, 0.29) is 5.56 Å². The van der Waals surface area contributed by atoms with Crippen LogP contribution in [0.15, 0.2) is 59.5 Å². The molecular weight excluding hydrogens is 274 g/mol. The Labute approximate surface area is 129 Å². The molecule has 0 aliphatic heterocycles. The number of aromatic nitrogens is 2. The quantitative estimate of drug-likeness (QED) is 0.742. The van der Waals surface area contributed by atoms with Crippen LogP contribution in [0.25, 0.3) is 5.65 Å². The monoisotopic (exact) mass is 293 g/mol. The van der Waals surface area contributed by atoms with E-state index in [1.54, 1.807) is 10.5 Å². The SMILES string of the molecule is Cc1ccc2nc(CN(C)Cc3ccccc3)cc(=O)n2c1. The molecule has 2 aromatic heterocycles. The molecule has 0 atom stereocenters. The van der Waals surface area contributed by atoms with Crippen molar-refractivity contribution in [2.24, 2.45) is 0 Å². The van der Waals surface area contributed by atoms with Crippen LogP contribution in [0.5, 0.6) is 0 Å². The molecule has 112 valence electrons. The van der Waals surface area contributed by atoms with Crippen molar-refractivity contribution in [2.75, 3.05) is 7.05 Å². The Bertz CT molecular complexity index is 840. The van der Waals surface area contributed by atoms with Gasteiger partial charge in [-0.1, -0.05) is 36.4 Å². The molecule has 0 spiro atoms. The summed E-state index contributed by atoms with van der Waals surface area (Å²) >= 11 is 0. The van der Waals surface area contributed by atoms with Crippen LogP contribution >= 0.6 is 0 Å². The minimum atomic E-state index is -0.0307. The van der Waals surface area contributed by atoms with Crippen LogP contribution < -0.4 is 5.56 Å². The maximum absolute atomic E-state index is 12.2. The fourth-order valence-electron chi connectivity index (χ4n) is 2.57. The van der Waals surface area contributed by atoms with Crippen molar-refractivity contribution in [1.29, 1.82) is 0 Å². The Hall–Kier alpha value is -2.46. The van der Waals surface area contributed by atoms with E-state index in [0.717, 1.165) is 17.8 Å². The molecule has 0 bridgehead atoms. The minimum absolute atomic E-state index is 0.0307. The molecule has 2 heterocycles. The first-order valence-corrected chi connectivity index (χ1v) is 7.33. The van der Waals surface area contributed by atoms with Crippen LogP contribution in [0, 0.1) is 6.92 Å². The third kappa shape index (κ3) is 3.23. The second kappa shape index (κ2) is 6.12. The molecule has 0 saturated heterocycles. The van der Waals surface area contributed by atoms with Crippen LogP contribution in [0.3, 0.4) is 0 Å². The molecule has 3 aromatic rings. The average Bonchev–Trinajstić information content (AvgIpc) is 2.49. The third-order valence-corrected chi connectivity index (χ3v) is 3.59. The molecule has 0 fully saturated rings. The van der Waals surface area contributed by atoms with Crippen molar-refractivity contribution in [2.45, 2.75) is 20.0 Å². The van der Waals surface area contributed by atoms with Gasteiger partial charge in [-0.25, -0.2) is 4.98 Å². The molecular formula is C18H19N3O. The van der Waals surface area contributed by atoms with Crippen LogP contribution in [-0.4, -0.2) is 21.3 Å². The number of hydrogen-bond acceptors (Lipinski definition) is 3. The predicted molar refractivity (Wildman–Crippen MR) is 87.8 cm³/mol. The van der Waals surface area contributed by atoms with Crippen molar-refractivity contribution in [3.63, 3.8) is 0 Å². The molecule has 0 saturated carbocycles. The first-order valence-electron chi connectivity index (χ1n) is 7.33. The Balaban J connectivity index is 1.82. The van der Waals surface area contributed by atoms with Crippen molar-refractivity contribution in [3.8, 4) is 0 Å². The van der Waals surface area contributed by atoms with Crippen LogP contribution in [0.4, 0.5) is 0 Å². The van der Waals surface area contributed by atoms with Gasteiger partial charge in [0.25, 0.3) is 5.56 Å². The zero-order valence-corrected chi connectivity index (χ0v) is 12.9. The van der Waals surface area contributed by atoms with Gasteiger partial charge in [0, 0.05) is 25.4 Å². The molecule has 0 aliphatic rings. The number of rotatable bonds is 4. The second-order valence-electron chi connectivity index (χ2n) is 5.68. The molecule has 0 aliphatic carbocycles. The number of nitrogens with zero attached hydrogens (tertiary/aromatic N) is 3. The average molecular weight is 293 g/mol. The van der Waals surface area contributed by atoms with Gasteiger partial charge in [0.2, 0.25) is 0 Å². The van der Waals surface area contributed by atoms with Gasteiger partial charge in [-0.3, -0.25) is 14.1 Å². The Morgan fingerprint density at radius 2 is 1.86 bits per heavy atom. The highest BCUT2D eigenvalue weighted by Crippen LogP contribution is 2.07. The zero-order valence-electron chi connectivity index (χ0n) is 12.9. The van der Waals surface area contributed by atoms with E-state index in [1.807, 2.05) is 50.5 Å². The molecule has 4 nitrogen and oxygen atoms in total. The van der Waals surface area contributed by atoms with Crippen LogP contribution in [0.1, 0.15) is 16.8 Å². The summed E-state index contributed by atoms with van der Waals surface area (Å²) in [6.45, 7) is 3.44. The number of benzene rings is 1. The standard InChI is InChI=1S/C18H19N3O/c1-14-8-9-17-19-16(10-18(22)21(17)11-14)13-20(2)12-15-6-4-3-5-7-15/h3-11H,12-13H2,1-2H3. The van der Waals surface area contributed by atoms with Gasteiger partial charge in [-0.15, -0.1) is 0 Å². The lowest BCUT2D eigenvalue weighted by Crippen LogP contribution is -2.21. The number of hydrogen-bond donors (Lipinski definition) is 0. The van der Waals surface area contributed by atoms with E-state index < -0.39 is 0 Å². The molecule has 0 amide bonds. The fourth-order valence-corrected chi connectivity index (χ4v) is 2.57. The highest BCUT2D eigenvalue weighted by molar-refractivity contribution is 5.39. The van der Waals surface area contributed by atoms with Crippen molar-refractivity contribution in [1.82, 2.24) is 14.3 Å². The van der Waals surface area contributed by atoms with Gasteiger partial charge >= 0.3 is 0 Å². The van der Waals surface area contributed by atoms with Gasteiger partial charge in [0.1, 0.15) is 5.65 Å². The zero-order chi connectivity index (χ0) is 15.5. The summed E-state index contributed by atoms with van der Waals surface area (Å²) in [5, 5.41) is 0. The van der Waals surface area contributed by atoms with E-state index in [2.05, 4.69) is 22.0 Å². The van der Waals surface area contributed by atoms with E-state index in [4.69, 9.17) is 0 Å². The third-order valence-electron chi connectivity index (χ3n) is 3.59. The van der Waals surface area contributed by atoms with E-state index >= 15 is 0 Å². The van der Waals surface area contributed by atoms with Gasteiger partial charge in [0.05, 0.1) is 5.69 Å². The summed E-state index contributed by atoms with van der Waals surface area (Å²) in [6, 6.07) is 15.8. The van der Waals surface area contributed by atoms with Gasteiger partial charge < -0.3 is 0 Å². The summed E-state index contributed by atoms with van der Waals surface area (Å²) in [5.41, 5.74) is 3.76. The van der Waals surface area contributed by atoms with E-state index in [1.165, 1.54) is 5.56 Å². The predicted octanol–water partition coefficient (Wildman–Crippen LogP) is 2.63. The molecule has 1 aromatic carbocycles. The lowest BCUT2D eigenvalue weighted by molar-refractivity contribution is 0.315. The Morgan fingerprint density at radius 3 is 2.64 bits per heavy atom. The van der Waals surface area contributed by atoms with E-state index in [9.17, 15) is 4.79 Å². The topological polar surface area (TPSA) is 37.6 Å². The number of pyridine rings is 1. The smallest absolute Gasteiger partial charge is 0.258 e. The van der Waals surface area contributed by atoms with Crippen molar-refractivity contribution in [3.05, 3.63) is 81.9 Å². The number of fused-ring (bicyclic) bond motifs is 1. The minimum Gasteiger partial charge on any atom is -0.296 e. The normalized spacial score (nSPS) is 11.2. The molecule has 0 unspecified atom stereocenters. The Morgan fingerprint density at radius 1 is 1.09 bits per heavy atom. The van der Waals surface area contributed by atoms with Gasteiger partial charge in [0.15, 0.2) is 0 Å². The maximum atomic E-state index is 12.2. The van der Waals surface area contributed by atoms with Crippen LogP contribution in [-0.2, 0) is 13.1 Å². The van der Waals surface area contributed by atoms with Crippen molar-refractivity contribution < 1.29 is 0 Å². The highest BCUT2D eigenvalue weighted by Gasteiger charge is 2.06. The Kier molecular flexibility index (Phi) is 4.02. The summed E-state index contributed by atoms with van der Waals surface area (Å²) in [4.78, 5) is 18.9. The lowest BCUT2D eigenvalue weighted by atomic mass is 10.2. The van der Waals surface area contributed by atoms with Gasteiger partial charge in [-0.2, -0.15) is 0 Å². The van der Waals surface area contributed by atoms with Crippen LogP contribution in [0.2, 0.25) is 0 Å². The molecule has 22 heavy (non-hydrogen) atoms. The van der Waals surface area contributed by atoms with E-state index in [0.29, 0.717) is 12.2 Å². The molecule has 0 radical (unpaired) electrons. The molecule has 4 heteroatoms. The lowest BCUT2D eigenvalue weighted by Gasteiger charge is -2.16. The summed E-state index contributed by atoms with van der Waals surface area (Å²) in [5.74, 6) is 0. The summed E-state index contributed by atoms with van der Waals surface area (Å²) in [7, 11) is 2.03. The second-order valence-corrected chi connectivity index (χ2v) is 5.68. The van der Waals surface area contributed by atoms with Gasteiger partial charge in [-0.05, 0) is 31.2 Å². The fraction of sp³-hybridized carbons (Fsp3) is 0.222. The molecule has 3 rings (SSSR count).